The van der Waals surface area contributed by atoms with Gasteiger partial charge in [0.05, 0.1) is 27.0 Å². The molecular weight excluding hydrogens is 349 g/mol. The normalized spacial score (nSPS) is 9.92. The lowest BCUT2D eigenvalue weighted by Crippen LogP contribution is -2.37. The van der Waals surface area contributed by atoms with Crippen LogP contribution in [-0.4, -0.2) is 18.4 Å². The lowest BCUT2D eigenvalue weighted by atomic mass is 10.1. The van der Waals surface area contributed by atoms with Crippen molar-refractivity contribution in [3.63, 3.8) is 0 Å². The molecule has 0 atom stereocenters. The molecule has 0 aromatic heterocycles. The first-order valence-electron chi connectivity index (χ1n) is 6.95. The van der Waals surface area contributed by atoms with Gasteiger partial charge in [0.2, 0.25) is 11.8 Å². The van der Waals surface area contributed by atoms with E-state index in [0.717, 1.165) is 0 Å². The van der Waals surface area contributed by atoms with Gasteiger partial charge in [0, 0.05) is 6.92 Å². The SMILES string of the molecule is CC(=O)N(CC(=O)Nc1c(Cl)cccc1Cl)c1ccccc1C#N. The summed E-state index contributed by atoms with van der Waals surface area (Å²) in [7, 11) is 0. The average Bonchev–Trinajstić information content (AvgIpc) is 2.56. The Labute approximate surface area is 149 Å². The Kier molecular flexibility index (Phi) is 5.80. The number of nitriles is 1. The van der Waals surface area contributed by atoms with Crippen molar-refractivity contribution >= 4 is 46.4 Å². The number of hydrogen-bond donors (Lipinski definition) is 1. The van der Waals surface area contributed by atoms with Gasteiger partial charge in [-0.3, -0.25) is 9.59 Å². The van der Waals surface area contributed by atoms with E-state index in [0.29, 0.717) is 21.3 Å². The molecule has 2 aromatic carbocycles. The van der Waals surface area contributed by atoms with Crippen LogP contribution in [0.2, 0.25) is 10.0 Å². The van der Waals surface area contributed by atoms with E-state index in [-0.39, 0.29) is 18.1 Å². The van der Waals surface area contributed by atoms with Crippen LogP contribution < -0.4 is 10.2 Å². The molecule has 0 saturated carbocycles. The van der Waals surface area contributed by atoms with Crippen LogP contribution >= 0.6 is 23.2 Å². The van der Waals surface area contributed by atoms with Crippen molar-refractivity contribution in [3.05, 3.63) is 58.1 Å². The largest absolute Gasteiger partial charge is 0.322 e. The first-order valence-corrected chi connectivity index (χ1v) is 7.70. The molecule has 122 valence electrons. The molecule has 1 N–H and O–H groups in total. The number of carbonyl (C=O) groups excluding carboxylic acids is 2. The number of nitrogens with zero attached hydrogens (tertiary/aromatic N) is 2. The minimum absolute atomic E-state index is 0.268. The van der Waals surface area contributed by atoms with E-state index in [9.17, 15) is 9.59 Å². The minimum atomic E-state index is -0.479. The fourth-order valence-electron chi connectivity index (χ4n) is 2.11. The maximum absolute atomic E-state index is 12.3. The predicted molar refractivity (Wildman–Crippen MR) is 94.3 cm³/mol. The molecule has 0 bridgehead atoms. The standard InChI is InChI=1S/C17H13Cl2N3O2/c1-11(23)22(15-8-3-2-5-12(15)9-20)10-16(24)21-17-13(18)6-4-7-14(17)19/h2-8H,10H2,1H3,(H,21,24). The average molecular weight is 362 g/mol. The van der Waals surface area contributed by atoms with Crippen molar-refractivity contribution in [2.75, 3.05) is 16.8 Å². The zero-order valence-corrected chi connectivity index (χ0v) is 14.2. The lowest BCUT2D eigenvalue weighted by Gasteiger charge is -2.22. The van der Waals surface area contributed by atoms with E-state index in [1.165, 1.54) is 11.8 Å². The van der Waals surface area contributed by atoms with Crippen LogP contribution in [0, 0.1) is 11.3 Å². The number of hydrogen-bond acceptors (Lipinski definition) is 3. The zero-order valence-electron chi connectivity index (χ0n) is 12.7. The van der Waals surface area contributed by atoms with E-state index < -0.39 is 5.91 Å². The van der Waals surface area contributed by atoms with Crippen LogP contribution in [0.4, 0.5) is 11.4 Å². The molecular formula is C17H13Cl2N3O2. The molecule has 2 rings (SSSR count). The van der Waals surface area contributed by atoms with Gasteiger partial charge in [0.25, 0.3) is 0 Å². The Morgan fingerprint density at radius 1 is 1.12 bits per heavy atom. The number of amides is 2. The van der Waals surface area contributed by atoms with Gasteiger partial charge in [0.15, 0.2) is 0 Å². The first kappa shape index (κ1) is 17.8. The molecule has 0 aliphatic carbocycles. The van der Waals surface area contributed by atoms with Gasteiger partial charge in [-0.15, -0.1) is 0 Å². The van der Waals surface area contributed by atoms with Crippen LogP contribution in [-0.2, 0) is 9.59 Å². The van der Waals surface area contributed by atoms with Crippen LogP contribution in [0.1, 0.15) is 12.5 Å². The molecule has 0 aliphatic rings. The van der Waals surface area contributed by atoms with E-state index in [4.69, 9.17) is 28.5 Å². The Morgan fingerprint density at radius 3 is 2.33 bits per heavy atom. The number of nitrogens with one attached hydrogen (secondary N) is 1. The molecule has 0 heterocycles. The summed E-state index contributed by atoms with van der Waals surface area (Å²) < 4.78 is 0. The third kappa shape index (κ3) is 4.05. The highest BCUT2D eigenvalue weighted by atomic mass is 35.5. The van der Waals surface area contributed by atoms with Gasteiger partial charge < -0.3 is 10.2 Å². The molecule has 0 unspecified atom stereocenters. The highest BCUT2D eigenvalue weighted by Crippen LogP contribution is 2.30. The number of anilines is 2. The van der Waals surface area contributed by atoms with Crippen molar-refractivity contribution in [3.8, 4) is 6.07 Å². The van der Waals surface area contributed by atoms with Crippen molar-refractivity contribution < 1.29 is 9.59 Å². The van der Waals surface area contributed by atoms with Gasteiger partial charge in [-0.2, -0.15) is 5.26 Å². The summed E-state index contributed by atoms with van der Waals surface area (Å²) >= 11 is 12.0. The van der Waals surface area contributed by atoms with Crippen molar-refractivity contribution in [2.24, 2.45) is 0 Å². The Morgan fingerprint density at radius 2 is 1.75 bits per heavy atom. The summed E-state index contributed by atoms with van der Waals surface area (Å²) in [6.45, 7) is 1.06. The van der Waals surface area contributed by atoms with Gasteiger partial charge in [-0.05, 0) is 24.3 Å². The van der Waals surface area contributed by atoms with Crippen molar-refractivity contribution in [1.82, 2.24) is 0 Å². The summed E-state index contributed by atoms with van der Waals surface area (Å²) in [5.41, 5.74) is 0.951. The fourth-order valence-corrected chi connectivity index (χ4v) is 2.60. The second-order valence-corrected chi connectivity index (χ2v) is 5.69. The molecule has 0 saturated heterocycles. The number of carbonyl (C=O) groups is 2. The van der Waals surface area contributed by atoms with Crippen LogP contribution in [0.25, 0.3) is 0 Å². The van der Waals surface area contributed by atoms with Gasteiger partial charge >= 0.3 is 0 Å². The van der Waals surface area contributed by atoms with E-state index in [1.54, 1.807) is 42.5 Å². The molecule has 0 spiro atoms. The highest BCUT2D eigenvalue weighted by Gasteiger charge is 2.19. The summed E-state index contributed by atoms with van der Waals surface area (Å²) in [6.07, 6.45) is 0. The number of rotatable bonds is 4. The second kappa shape index (κ2) is 7.82. The van der Waals surface area contributed by atoms with Gasteiger partial charge in [-0.1, -0.05) is 41.4 Å². The number of para-hydroxylation sites is 2. The molecule has 5 nitrogen and oxygen atoms in total. The van der Waals surface area contributed by atoms with Crippen molar-refractivity contribution in [1.29, 1.82) is 5.26 Å². The minimum Gasteiger partial charge on any atom is -0.322 e. The van der Waals surface area contributed by atoms with Crippen LogP contribution in [0.5, 0.6) is 0 Å². The molecule has 2 aromatic rings. The molecule has 0 aliphatic heterocycles. The molecule has 2 amide bonds. The van der Waals surface area contributed by atoms with Crippen molar-refractivity contribution in [2.45, 2.75) is 6.92 Å². The maximum atomic E-state index is 12.3. The summed E-state index contributed by atoms with van der Waals surface area (Å²) in [6, 6.07) is 13.4. The second-order valence-electron chi connectivity index (χ2n) is 4.88. The van der Waals surface area contributed by atoms with Crippen LogP contribution in [0.15, 0.2) is 42.5 Å². The Balaban J connectivity index is 2.24. The predicted octanol–water partition coefficient (Wildman–Crippen LogP) is 3.86. The van der Waals surface area contributed by atoms with E-state index in [2.05, 4.69) is 5.32 Å². The molecule has 0 fully saturated rings. The summed E-state index contributed by atoms with van der Waals surface area (Å²) in [5.74, 6) is -0.842. The Hall–Kier alpha value is -2.55. The molecule has 0 radical (unpaired) electrons. The monoisotopic (exact) mass is 361 g/mol. The first-order chi connectivity index (χ1) is 11.4. The topological polar surface area (TPSA) is 73.2 Å². The van der Waals surface area contributed by atoms with Gasteiger partial charge in [-0.25, -0.2) is 0 Å². The zero-order chi connectivity index (χ0) is 17.7. The molecule has 7 heteroatoms. The lowest BCUT2D eigenvalue weighted by molar-refractivity contribution is -0.120. The third-order valence-electron chi connectivity index (χ3n) is 3.22. The Bertz CT molecular complexity index is 811. The third-order valence-corrected chi connectivity index (χ3v) is 3.85. The maximum Gasteiger partial charge on any atom is 0.244 e. The molecule has 24 heavy (non-hydrogen) atoms. The fraction of sp³-hybridized carbons (Fsp3) is 0.118. The quantitative estimate of drug-likeness (QED) is 0.898. The van der Waals surface area contributed by atoms with Gasteiger partial charge in [0.1, 0.15) is 12.6 Å². The number of benzene rings is 2. The summed E-state index contributed by atoms with van der Waals surface area (Å²) in [5, 5.41) is 12.3. The number of halogens is 2. The van der Waals surface area contributed by atoms with E-state index >= 15 is 0 Å². The smallest absolute Gasteiger partial charge is 0.244 e. The van der Waals surface area contributed by atoms with E-state index in [1.807, 2.05) is 6.07 Å². The highest BCUT2D eigenvalue weighted by molar-refractivity contribution is 6.39. The summed E-state index contributed by atoms with van der Waals surface area (Å²) in [4.78, 5) is 25.4. The van der Waals surface area contributed by atoms with Crippen LogP contribution in [0.3, 0.4) is 0 Å².